The number of amides is 3. The van der Waals surface area contributed by atoms with Gasteiger partial charge in [-0.1, -0.05) is 11.6 Å². The Hall–Kier alpha value is -2.49. The molecular weight excluding hydrogens is 440 g/mol. The molecule has 1 saturated carbocycles. The van der Waals surface area contributed by atoms with Gasteiger partial charge >= 0.3 is 0 Å². The number of anilines is 2. The second kappa shape index (κ2) is 9.76. The molecular formula is C21H23ClN4O4S. The summed E-state index contributed by atoms with van der Waals surface area (Å²) in [6, 6.07) is 5.10. The molecule has 2 fully saturated rings. The third-order valence-corrected chi connectivity index (χ3v) is 6.70. The van der Waals surface area contributed by atoms with Crippen LogP contribution in [0, 0.1) is 5.92 Å². The first-order chi connectivity index (χ1) is 15.0. The SMILES string of the molecule is O=C(Nc1ccc(Cl)cn1)c1ccsc1NC(=O)[C@H]1CC[C@H](N2CCOCC2=O)CC1. The van der Waals surface area contributed by atoms with Crippen molar-refractivity contribution in [1.29, 1.82) is 0 Å². The van der Waals surface area contributed by atoms with Gasteiger partial charge in [0.1, 0.15) is 17.4 Å². The Balaban J connectivity index is 1.32. The Labute approximate surface area is 188 Å². The largest absolute Gasteiger partial charge is 0.370 e. The predicted molar refractivity (Wildman–Crippen MR) is 118 cm³/mol. The highest BCUT2D eigenvalue weighted by Crippen LogP contribution is 2.31. The number of carbonyl (C=O) groups is 3. The number of morpholine rings is 1. The van der Waals surface area contributed by atoms with E-state index in [4.69, 9.17) is 16.3 Å². The number of thiophene rings is 1. The van der Waals surface area contributed by atoms with Crippen molar-refractivity contribution in [2.75, 3.05) is 30.4 Å². The molecule has 2 aliphatic rings. The average molecular weight is 463 g/mol. The molecule has 0 radical (unpaired) electrons. The van der Waals surface area contributed by atoms with Crippen LogP contribution in [0.15, 0.2) is 29.8 Å². The highest BCUT2D eigenvalue weighted by atomic mass is 35.5. The zero-order valence-corrected chi connectivity index (χ0v) is 18.4. The van der Waals surface area contributed by atoms with Crippen LogP contribution in [0.5, 0.6) is 0 Å². The average Bonchev–Trinajstić information content (AvgIpc) is 3.24. The fourth-order valence-corrected chi connectivity index (χ4v) is 4.90. The number of pyridine rings is 1. The van der Waals surface area contributed by atoms with Crippen LogP contribution in [0.2, 0.25) is 5.02 Å². The molecule has 1 aliphatic heterocycles. The third kappa shape index (κ3) is 5.23. The summed E-state index contributed by atoms with van der Waals surface area (Å²) in [7, 11) is 0. The summed E-state index contributed by atoms with van der Waals surface area (Å²) in [5.41, 5.74) is 0.391. The number of rotatable bonds is 5. The quantitative estimate of drug-likeness (QED) is 0.709. The van der Waals surface area contributed by atoms with Gasteiger partial charge in [0.2, 0.25) is 11.8 Å². The van der Waals surface area contributed by atoms with E-state index < -0.39 is 0 Å². The number of nitrogens with zero attached hydrogens (tertiary/aromatic N) is 2. The first kappa shape index (κ1) is 21.7. The molecule has 2 aromatic heterocycles. The standard InChI is InChI=1S/C21H23ClN4O4S/c22-14-3-6-17(23-11-14)24-20(29)16-7-10-31-21(16)25-19(28)13-1-4-15(5-2-13)26-8-9-30-12-18(26)27/h3,6-7,10-11,13,15H,1-2,4-5,8-9,12H2,(H,25,28)(H,23,24,29)/t13-,15-. The van der Waals surface area contributed by atoms with Gasteiger partial charge in [0.25, 0.3) is 5.91 Å². The monoisotopic (exact) mass is 462 g/mol. The Bertz CT molecular complexity index is 957. The maximum atomic E-state index is 12.8. The number of hydrogen-bond acceptors (Lipinski definition) is 6. The van der Waals surface area contributed by atoms with Crippen molar-refractivity contribution in [3.8, 4) is 0 Å². The summed E-state index contributed by atoms with van der Waals surface area (Å²) >= 11 is 7.12. The second-order valence-corrected chi connectivity index (χ2v) is 8.97. The van der Waals surface area contributed by atoms with Gasteiger partial charge in [0.15, 0.2) is 0 Å². The minimum atomic E-state index is -0.346. The van der Waals surface area contributed by atoms with Crippen LogP contribution in [0.3, 0.4) is 0 Å². The molecule has 0 atom stereocenters. The topological polar surface area (TPSA) is 101 Å². The number of carbonyl (C=O) groups excluding carboxylic acids is 3. The van der Waals surface area contributed by atoms with Crippen LogP contribution in [-0.2, 0) is 14.3 Å². The number of aromatic nitrogens is 1. The number of halogens is 1. The molecule has 0 spiro atoms. The first-order valence-corrected chi connectivity index (χ1v) is 11.5. The van der Waals surface area contributed by atoms with Crippen molar-refractivity contribution in [2.24, 2.45) is 5.92 Å². The molecule has 2 aromatic rings. The highest BCUT2D eigenvalue weighted by molar-refractivity contribution is 7.14. The summed E-state index contributed by atoms with van der Waals surface area (Å²) in [4.78, 5) is 43.4. The van der Waals surface area contributed by atoms with E-state index in [9.17, 15) is 14.4 Å². The van der Waals surface area contributed by atoms with Crippen LogP contribution in [0.1, 0.15) is 36.0 Å². The first-order valence-electron chi connectivity index (χ1n) is 10.2. The smallest absolute Gasteiger partial charge is 0.259 e. The molecule has 3 amide bonds. The van der Waals surface area contributed by atoms with Crippen LogP contribution in [-0.4, -0.2) is 53.4 Å². The highest BCUT2D eigenvalue weighted by Gasteiger charge is 2.33. The molecule has 0 unspecified atom stereocenters. The zero-order chi connectivity index (χ0) is 21.8. The van der Waals surface area contributed by atoms with Gasteiger partial charge in [-0.05, 0) is 49.3 Å². The van der Waals surface area contributed by atoms with Crippen molar-refractivity contribution in [3.63, 3.8) is 0 Å². The summed E-state index contributed by atoms with van der Waals surface area (Å²) < 4.78 is 5.20. The van der Waals surface area contributed by atoms with Gasteiger partial charge in [-0.15, -0.1) is 11.3 Å². The van der Waals surface area contributed by atoms with E-state index in [-0.39, 0.29) is 36.3 Å². The Morgan fingerprint density at radius 1 is 1.16 bits per heavy atom. The van der Waals surface area contributed by atoms with E-state index in [0.717, 1.165) is 12.8 Å². The summed E-state index contributed by atoms with van der Waals surface area (Å²) in [6.07, 6.45) is 4.47. The van der Waals surface area contributed by atoms with Gasteiger partial charge < -0.3 is 20.3 Å². The van der Waals surface area contributed by atoms with Crippen LogP contribution in [0.25, 0.3) is 0 Å². The Morgan fingerprint density at radius 3 is 2.68 bits per heavy atom. The normalized spacial score (nSPS) is 21.6. The van der Waals surface area contributed by atoms with E-state index >= 15 is 0 Å². The number of hydrogen-bond donors (Lipinski definition) is 2. The third-order valence-electron chi connectivity index (χ3n) is 5.65. The van der Waals surface area contributed by atoms with Crippen molar-refractivity contribution >= 4 is 51.5 Å². The number of ether oxygens (including phenoxy) is 1. The van der Waals surface area contributed by atoms with Gasteiger partial charge in [-0.25, -0.2) is 4.98 Å². The predicted octanol–water partition coefficient (Wildman–Crippen LogP) is 3.40. The Morgan fingerprint density at radius 2 is 1.97 bits per heavy atom. The number of nitrogens with one attached hydrogen (secondary N) is 2. The minimum Gasteiger partial charge on any atom is -0.370 e. The molecule has 31 heavy (non-hydrogen) atoms. The maximum Gasteiger partial charge on any atom is 0.259 e. The zero-order valence-electron chi connectivity index (χ0n) is 16.8. The van der Waals surface area contributed by atoms with Gasteiger partial charge in [0.05, 0.1) is 17.2 Å². The molecule has 10 heteroatoms. The van der Waals surface area contributed by atoms with E-state index in [2.05, 4.69) is 15.6 Å². The summed E-state index contributed by atoms with van der Waals surface area (Å²) in [6.45, 7) is 1.34. The molecule has 3 heterocycles. The van der Waals surface area contributed by atoms with Gasteiger partial charge in [-0.2, -0.15) is 0 Å². The van der Waals surface area contributed by atoms with Crippen molar-refractivity contribution in [3.05, 3.63) is 40.4 Å². The van der Waals surface area contributed by atoms with Crippen molar-refractivity contribution in [2.45, 2.75) is 31.7 Å². The van der Waals surface area contributed by atoms with E-state index in [1.54, 1.807) is 23.6 Å². The summed E-state index contributed by atoms with van der Waals surface area (Å²) in [5, 5.41) is 8.39. The summed E-state index contributed by atoms with van der Waals surface area (Å²) in [5.74, 6) is -0.158. The molecule has 0 aromatic carbocycles. The minimum absolute atomic E-state index is 0.0311. The lowest BCUT2D eigenvalue weighted by Crippen LogP contribution is -2.49. The maximum absolute atomic E-state index is 12.8. The molecule has 1 saturated heterocycles. The van der Waals surface area contributed by atoms with Crippen LogP contribution < -0.4 is 10.6 Å². The second-order valence-electron chi connectivity index (χ2n) is 7.61. The van der Waals surface area contributed by atoms with Gasteiger partial charge in [0, 0.05) is 24.7 Å². The van der Waals surface area contributed by atoms with E-state index in [1.807, 2.05) is 4.90 Å². The molecule has 0 bridgehead atoms. The van der Waals surface area contributed by atoms with Gasteiger partial charge in [-0.3, -0.25) is 14.4 Å². The molecule has 4 rings (SSSR count). The fourth-order valence-electron chi connectivity index (χ4n) is 4.00. The fraction of sp³-hybridized carbons (Fsp3) is 0.429. The van der Waals surface area contributed by atoms with Crippen molar-refractivity contribution < 1.29 is 19.1 Å². The Kier molecular flexibility index (Phi) is 6.84. The lowest BCUT2D eigenvalue weighted by Gasteiger charge is -2.38. The molecule has 164 valence electrons. The lowest BCUT2D eigenvalue weighted by atomic mass is 9.84. The lowest BCUT2D eigenvalue weighted by molar-refractivity contribution is -0.146. The molecule has 8 nitrogen and oxygen atoms in total. The van der Waals surface area contributed by atoms with E-state index in [1.165, 1.54) is 17.5 Å². The van der Waals surface area contributed by atoms with Crippen molar-refractivity contribution in [1.82, 2.24) is 9.88 Å². The molecule has 2 N–H and O–H groups in total. The van der Waals surface area contributed by atoms with E-state index in [0.29, 0.717) is 47.4 Å². The molecule has 1 aliphatic carbocycles. The van der Waals surface area contributed by atoms with Crippen LogP contribution >= 0.6 is 22.9 Å². The van der Waals surface area contributed by atoms with Crippen LogP contribution in [0.4, 0.5) is 10.8 Å².